The molecule has 5 nitrogen and oxygen atoms in total. The Bertz CT molecular complexity index is 525. The van der Waals surface area contributed by atoms with E-state index in [9.17, 15) is 9.59 Å². The first-order chi connectivity index (χ1) is 9.62. The number of urea groups is 1. The fourth-order valence-electron chi connectivity index (χ4n) is 2.91. The van der Waals surface area contributed by atoms with Crippen molar-refractivity contribution >= 4 is 12.0 Å². The molecular formula is C15H18N2O3. The summed E-state index contributed by atoms with van der Waals surface area (Å²) < 4.78 is 0. The smallest absolute Gasteiger partial charge is 0.326 e. The standard InChI is InChI=1S/C15H18N2O3/c18-13(19)12-7-4-10-17(12)14(20)16-15(8-9-15)11-5-2-1-3-6-11/h1-3,5-6,12H,4,7-10H2,(H,16,20)(H,18,19). The number of aliphatic carboxylic acids is 1. The van der Waals surface area contributed by atoms with Crippen LogP contribution in [0.3, 0.4) is 0 Å². The molecule has 2 aliphatic rings. The van der Waals surface area contributed by atoms with E-state index in [-0.39, 0.29) is 11.6 Å². The summed E-state index contributed by atoms with van der Waals surface area (Å²) in [6.07, 6.45) is 3.12. The number of rotatable bonds is 3. The molecule has 1 saturated carbocycles. The molecule has 1 aromatic carbocycles. The van der Waals surface area contributed by atoms with Crippen LogP contribution in [0.1, 0.15) is 31.2 Å². The van der Waals surface area contributed by atoms with Crippen molar-refractivity contribution in [3.63, 3.8) is 0 Å². The average molecular weight is 274 g/mol. The zero-order valence-corrected chi connectivity index (χ0v) is 11.2. The zero-order valence-electron chi connectivity index (χ0n) is 11.2. The SMILES string of the molecule is O=C(O)C1CCCN1C(=O)NC1(c2ccccc2)CC1. The number of amides is 2. The summed E-state index contributed by atoms with van der Waals surface area (Å²) in [6.45, 7) is 0.521. The van der Waals surface area contributed by atoms with Gasteiger partial charge in [-0.2, -0.15) is 0 Å². The minimum atomic E-state index is -0.915. The molecule has 2 fully saturated rings. The van der Waals surface area contributed by atoms with Crippen molar-refractivity contribution in [3.05, 3.63) is 35.9 Å². The topological polar surface area (TPSA) is 69.6 Å². The second-order valence-electron chi connectivity index (χ2n) is 5.57. The molecule has 0 spiro atoms. The molecule has 1 aliphatic heterocycles. The lowest BCUT2D eigenvalue weighted by atomic mass is 10.1. The van der Waals surface area contributed by atoms with Crippen molar-refractivity contribution in [2.24, 2.45) is 0 Å². The van der Waals surface area contributed by atoms with Gasteiger partial charge in [0.25, 0.3) is 0 Å². The highest BCUT2D eigenvalue weighted by Crippen LogP contribution is 2.45. The van der Waals surface area contributed by atoms with Gasteiger partial charge in [0.15, 0.2) is 0 Å². The maximum atomic E-state index is 12.3. The Balaban J connectivity index is 1.72. The van der Waals surface area contributed by atoms with E-state index in [1.807, 2.05) is 30.3 Å². The largest absolute Gasteiger partial charge is 0.480 e. The molecule has 3 rings (SSSR count). The highest BCUT2D eigenvalue weighted by molar-refractivity contribution is 5.84. The predicted octanol–water partition coefficient (Wildman–Crippen LogP) is 1.93. The van der Waals surface area contributed by atoms with Gasteiger partial charge in [0.2, 0.25) is 0 Å². The number of carboxylic acid groups (broad SMARTS) is 1. The quantitative estimate of drug-likeness (QED) is 0.885. The van der Waals surface area contributed by atoms with Crippen LogP contribution in [0, 0.1) is 0 Å². The van der Waals surface area contributed by atoms with E-state index in [0.29, 0.717) is 13.0 Å². The molecule has 106 valence electrons. The van der Waals surface area contributed by atoms with Gasteiger partial charge in [0.1, 0.15) is 6.04 Å². The number of hydrogen-bond donors (Lipinski definition) is 2. The fraction of sp³-hybridized carbons (Fsp3) is 0.467. The molecule has 2 N–H and O–H groups in total. The van der Waals surface area contributed by atoms with Gasteiger partial charge < -0.3 is 15.3 Å². The molecule has 1 saturated heterocycles. The van der Waals surface area contributed by atoms with Gasteiger partial charge in [-0.3, -0.25) is 0 Å². The van der Waals surface area contributed by atoms with E-state index < -0.39 is 12.0 Å². The molecule has 0 bridgehead atoms. The summed E-state index contributed by atoms with van der Waals surface area (Å²) in [5.74, 6) is -0.915. The minimum Gasteiger partial charge on any atom is -0.480 e. The van der Waals surface area contributed by atoms with Crippen LogP contribution in [0.5, 0.6) is 0 Å². The molecule has 1 aromatic rings. The van der Waals surface area contributed by atoms with Gasteiger partial charge in [-0.15, -0.1) is 0 Å². The zero-order chi connectivity index (χ0) is 14.2. The molecule has 1 unspecified atom stereocenters. The lowest BCUT2D eigenvalue weighted by Gasteiger charge is -2.26. The minimum absolute atomic E-state index is 0.253. The molecule has 5 heteroatoms. The lowest BCUT2D eigenvalue weighted by molar-refractivity contribution is -0.141. The second kappa shape index (κ2) is 4.81. The van der Waals surface area contributed by atoms with Crippen LogP contribution in [0.2, 0.25) is 0 Å². The van der Waals surface area contributed by atoms with E-state index in [2.05, 4.69) is 5.32 Å². The normalized spacial score (nSPS) is 23.4. The second-order valence-corrected chi connectivity index (χ2v) is 5.57. The Morgan fingerprint density at radius 2 is 1.95 bits per heavy atom. The van der Waals surface area contributed by atoms with Gasteiger partial charge in [-0.05, 0) is 31.2 Å². The molecule has 0 radical (unpaired) electrons. The first-order valence-electron chi connectivity index (χ1n) is 6.99. The van der Waals surface area contributed by atoms with Gasteiger partial charge in [0, 0.05) is 6.54 Å². The summed E-state index contributed by atoms with van der Waals surface area (Å²) in [5, 5.41) is 12.2. The average Bonchev–Trinajstić information content (AvgIpc) is 3.05. The lowest BCUT2D eigenvalue weighted by Crippen LogP contribution is -2.49. The Kier molecular flexibility index (Phi) is 3.12. The number of hydrogen-bond acceptors (Lipinski definition) is 2. The first-order valence-corrected chi connectivity index (χ1v) is 6.99. The van der Waals surface area contributed by atoms with Gasteiger partial charge >= 0.3 is 12.0 Å². The number of benzene rings is 1. The molecule has 0 aromatic heterocycles. The van der Waals surface area contributed by atoms with Crippen molar-refractivity contribution in [3.8, 4) is 0 Å². The Morgan fingerprint density at radius 3 is 2.55 bits per heavy atom. The highest BCUT2D eigenvalue weighted by Gasteiger charge is 2.47. The third-order valence-electron chi connectivity index (χ3n) is 4.22. The Labute approximate surface area is 117 Å². The number of carbonyl (C=O) groups excluding carboxylic acids is 1. The molecule has 20 heavy (non-hydrogen) atoms. The summed E-state index contributed by atoms with van der Waals surface area (Å²) in [4.78, 5) is 24.9. The van der Waals surface area contributed by atoms with E-state index in [1.165, 1.54) is 4.90 Å². The number of nitrogens with one attached hydrogen (secondary N) is 1. The number of likely N-dealkylation sites (tertiary alicyclic amines) is 1. The van der Waals surface area contributed by atoms with E-state index >= 15 is 0 Å². The number of carbonyl (C=O) groups is 2. The third kappa shape index (κ3) is 2.24. The number of carboxylic acids is 1. The Morgan fingerprint density at radius 1 is 1.25 bits per heavy atom. The van der Waals surface area contributed by atoms with Crippen LogP contribution in [-0.2, 0) is 10.3 Å². The van der Waals surface area contributed by atoms with Crippen molar-refractivity contribution < 1.29 is 14.7 Å². The summed E-state index contributed by atoms with van der Waals surface area (Å²) in [6, 6.07) is 8.94. The maximum absolute atomic E-state index is 12.3. The first kappa shape index (κ1) is 13.0. The van der Waals surface area contributed by atoms with Crippen LogP contribution < -0.4 is 5.32 Å². The molecule has 1 aliphatic carbocycles. The molecule has 2 amide bonds. The Hall–Kier alpha value is -2.04. The third-order valence-corrected chi connectivity index (χ3v) is 4.22. The molecular weight excluding hydrogens is 256 g/mol. The van der Waals surface area contributed by atoms with Gasteiger partial charge in [0.05, 0.1) is 5.54 Å². The van der Waals surface area contributed by atoms with E-state index in [0.717, 1.165) is 24.8 Å². The van der Waals surface area contributed by atoms with Crippen LogP contribution in [0.15, 0.2) is 30.3 Å². The fourth-order valence-corrected chi connectivity index (χ4v) is 2.91. The summed E-state index contributed by atoms with van der Waals surface area (Å²) in [7, 11) is 0. The van der Waals surface area contributed by atoms with Crippen molar-refractivity contribution in [2.75, 3.05) is 6.54 Å². The predicted molar refractivity (Wildman–Crippen MR) is 73.2 cm³/mol. The van der Waals surface area contributed by atoms with Gasteiger partial charge in [-0.25, -0.2) is 9.59 Å². The maximum Gasteiger partial charge on any atom is 0.326 e. The van der Waals surface area contributed by atoms with E-state index in [4.69, 9.17) is 5.11 Å². The van der Waals surface area contributed by atoms with Gasteiger partial charge in [-0.1, -0.05) is 30.3 Å². The van der Waals surface area contributed by atoms with Crippen molar-refractivity contribution in [2.45, 2.75) is 37.3 Å². The van der Waals surface area contributed by atoms with Crippen molar-refractivity contribution in [1.29, 1.82) is 0 Å². The van der Waals surface area contributed by atoms with Crippen LogP contribution in [0.4, 0.5) is 4.79 Å². The monoisotopic (exact) mass is 274 g/mol. The van der Waals surface area contributed by atoms with E-state index in [1.54, 1.807) is 0 Å². The summed E-state index contributed by atoms with van der Waals surface area (Å²) in [5.41, 5.74) is 0.809. The van der Waals surface area contributed by atoms with Crippen LogP contribution in [0.25, 0.3) is 0 Å². The highest BCUT2D eigenvalue weighted by atomic mass is 16.4. The molecule has 1 atom stereocenters. The van der Waals surface area contributed by atoms with Crippen molar-refractivity contribution in [1.82, 2.24) is 10.2 Å². The summed E-state index contributed by atoms with van der Waals surface area (Å²) >= 11 is 0. The molecule has 1 heterocycles. The number of nitrogens with zero attached hydrogens (tertiary/aromatic N) is 1. The van der Waals surface area contributed by atoms with Crippen LogP contribution >= 0.6 is 0 Å². The van der Waals surface area contributed by atoms with Crippen LogP contribution in [-0.4, -0.2) is 34.6 Å².